The van der Waals surface area contributed by atoms with Gasteiger partial charge in [-0.05, 0) is 36.6 Å². The third-order valence-electron chi connectivity index (χ3n) is 6.21. The average Bonchev–Trinajstić information content (AvgIpc) is 3.51. The van der Waals surface area contributed by atoms with Crippen LogP contribution in [-0.4, -0.2) is 48.9 Å². The summed E-state index contributed by atoms with van der Waals surface area (Å²) in [4.78, 5) is 3.33. The van der Waals surface area contributed by atoms with Crippen LogP contribution < -0.4 is 0 Å². The van der Waals surface area contributed by atoms with Gasteiger partial charge in [-0.3, -0.25) is 0 Å². The molecule has 0 aromatic heterocycles. The molecule has 0 saturated heterocycles. The van der Waals surface area contributed by atoms with E-state index in [4.69, 9.17) is 0 Å². The quantitative estimate of drug-likeness (QED) is 0.528. The lowest BCUT2D eigenvalue weighted by Crippen LogP contribution is -2.43. The van der Waals surface area contributed by atoms with Gasteiger partial charge in [-0.25, -0.2) is 8.42 Å². The average molecular weight is 445 g/mol. The molecule has 0 spiro atoms. The normalized spacial score (nSPS) is 21.3. The van der Waals surface area contributed by atoms with E-state index in [2.05, 4.69) is 42.2 Å². The number of nitrogens with zero attached hydrogens (tertiary/aromatic N) is 2. The topological polar surface area (TPSA) is 40.6 Å². The Kier molecular flexibility index (Phi) is 6.88. The summed E-state index contributed by atoms with van der Waals surface area (Å²) in [5.74, 6) is 1.09. The van der Waals surface area contributed by atoms with Gasteiger partial charge in [0, 0.05) is 30.4 Å². The summed E-state index contributed by atoms with van der Waals surface area (Å²) in [6.07, 6.45) is 3.49. The maximum absolute atomic E-state index is 13.5. The molecule has 6 heteroatoms. The molecular weight excluding hydrogens is 412 g/mol. The number of hydrogen-bond acceptors (Lipinski definition) is 4. The van der Waals surface area contributed by atoms with Crippen LogP contribution in [0.15, 0.2) is 59.5 Å². The molecule has 1 fully saturated rings. The lowest BCUT2D eigenvalue weighted by atomic mass is 10.0. The maximum Gasteiger partial charge on any atom is 0.216 e. The van der Waals surface area contributed by atoms with Crippen molar-refractivity contribution in [3.8, 4) is 0 Å². The van der Waals surface area contributed by atoms with Crippen LogP contribution in [0, 0.1) is 5.92 Å². The largest absolute Gasteiger partial charge is 0.301 e. The van der Waals surface area contributed by atoms with Crippen LogP contribution >= 0.6 is 11.8 Å². The molecular formula is C24H32N2O2S2. The number of benzene rings is 2. The molecule has 4 nitrogen and oxygen atoms in total. The van der Waals surface area contributed by atoms with Crippen molar-refractivity contribution in [3.05, 3.63) is 65.7 Å². The third-order valence-corrected chi connectivity index (χ3v) is 9.69. The zero-order chi connectivity index (χ0) is 21.1. The van der Waals surface area contributed by atoms with Crippen molar-refractivity contribution in [3.63, 3.8) is 0 Å². The lowest BCUT2D eigenvalue weighted by molar-refractivity contribution is 0.330. The molecule has 0 amide bonds. The van der Waals surface area contributed by atoms with E-state index in [0.717, 1.165) is 13.0 Å². The van der Waals surface area contributed by atoms with Gasteiger partial charge in [-0.15, -0.1) is 11.8 Å². The van der Waals surface area contributed by atoms with Crippen LogP contribution in [0.3, 0.4) is 0 Å². The molecule has 1 heterocycles. The van der Waals surface area contributed by atoms with Gasteiger partial charge in [0.05, 0.1) is 11.1 Å². The fraction of sp³-hybridized carbons (Fsp3) is 0.500. The molecule has 162 valence electrons. The predicted octanol–water partition coefficient (Wildman–Crippen LogP) is 4.79. The van der Waals surface area contributed by atoms with Gasteiger partial charge in [-0.1, -0.05) is 68.3 Å². The minimum atomic E-state index is -3.34. The number of hydrogen-bond donors (Lipinski definition) is 0. The van der Waals surface area contributed by atoms with E-state index in [9.17, 15) is 8.42 Å². The molecule has 2 aromatic rings. The minimum absolute atomic E-state index is 0.0365. The van der Waals surface area contributed by atoms with Crippen molar-refractivity contribution in [2.75, 3.05) is 25.9 Å². The summed E-state index contributed by atoms with van der Waals surface area (Å²) in [6, 6.07) is 18.6. The smallest absolute Gasteiger partial charge is 0.216 e. The maximum atomic E-state index is 13.5. The van der Waals surface area contributed by atoms with E-state index < -0.39 is 10.0 Å². The predicted molar refractivity (Wildman–Crippen MR) is 125 cm³/mol. The van der Waals surface area contributed by atoms with E-state index >= 15 is 0 Å². The van der Waals surface area contributed by atoms with Gasteiger partial charge in [0.15, 0.2) is 0 Å². The van der Waals surface area contributed by atoms with Crippen LogP contribution in [-0.2, 0) is 16.6 Å². The molecule has 0 radical (unpaired) electrons. The van der Waals surface area contributed by atoms with Crippen molar-refractivity contribution in [1.82, 2.24) is 9.21 Å². The Hall–Kier alpha value is -1.34. The summed E-state index contributed by atoms with van der Waals surface area (Å²) >= 11 is 1.72. The molecule has 2 aliphatic rings. The zero-order valence-electron chi connectivity index (χ0n) is 17.9. The summed E-state index contributed by atoms with van der Waals surface area (Å²) in [6.45, 7) is 4.12. The van der Waals surface area contributed by atoms with Crippen LogP contribution in [0.5, 0.6) is 0 Å². The third kappa shape index (κ3) is 5.28. The van der Waals surface area contributed by atoms with Crippen LogP contribution in [0.25, 0.3) is 0 Å². The van der Waals surface area contributed by atoms with Crippen molar-refractivity contribution < 1.29 is 8.42 Å². The SMILES string of the molecule is CC1c2ccccc2SC1N(CCC1CC1)S(=O)(=O)CCN(C)Cc1ccccc1. The van der Waals surface area contributed by atoms with Gasteiger partial charge in [0.25, 0.3) is 0 Å². The van der Waals surface area contributed by atoms with E-state index in [1.54, 1.807) is 11.8 Å². The van der Waals surface area contributed by atoms with Crippen LogP contribution in [0.1, 0.15) is 43.2 Å². The molecule has 0 bridgehead atoms. The summed E-state index contributed by atoms with van der Waals surface area (Å²) in [7, 11) is -1.34. The van der Waals surface area contributed by atoms with Crippen LogP contribution in [0.2, 0.25) is 0 Å². The first-order valence-electron chi connectivity index (χ1n) is 10.9. The second-order valence-corrected chi connectivity index (χ2v) is 11.9. The highest BCUT2D eigenvalue weighted by molar-refractivity contribution is 8.01. The molecule has 2 unspecified atom stereocenters. The molecule has 2 aromatic carbocycles. The fourth-order valence-electron chi connectivity index (χ4n) is 4.16. The van der Waals surface area contributed by atoms with Gasteiger partial charge >= 0.3 is 0 Å². The van der Waals surface area contributed by atoms with E-state index in [1.165, 1.54) is 28.9 Å². The van der Waals surface area contributed by atoms with E-state index in [0.29, 0.717) is 19.0 Å². The highest BCUT2D eigenvalue weighted by Crippen LogP contribution is 2.47. The number of thioether (sulfide) groups is 1. The molecule has 1 aliphatic carbocycles. The second kappa shape index (κ2) is 9.43. The summed E-state index contributed by atoms with van der Waals surface area (Å²) in [5.41, 5.74) is 2.48. The highest BCUT2D eigenvalue weighted by Gasteiger charge is 2.40. The first kappa shape index (κ1) is 21.9. The summed E-state index contributed by atoms with van der Waals surface area (Å²) in [5, 5.41) is -0.0365. The zero-order valence-corrected chi connectivity index (χ0v) is 19.5. The molecule has 4 rings (SSSR count). The Morgan fingerprint density at radius 2 is 1.70 bits per heavy atom. The van der Waals surface area contributed by atoms with Gasteiger partial charge < -0.3 is 4.90 Å². The van der Waals surface area contributed by atoms with Crippen LogP contribution in [0.4, 0.5) is 0 Å². The van der Waals surface area contributed by atoms with Gasteiger partial charge in [-0.2, -0.15) is 4.31 Å². The number of sulfonamides is 1. The molecule has 2 atom stereocenters. The minimum Gasteiger partial charge on any atom is -0.301 e. The Morgan fingerprint density at radius 3 is 2.40 bits per heavy atom. The second-order valence-electron chi connectivity index (χ2n) is 8.72. The van der Waals surface area contributed by atoms with Crippen molar-refractivity contribution in [2.45, 2.75) is 48.9 Å². The van der Waals surface area contributed by atoms with E-state index in [1.807, 2.05) is 35.6 Å². The van der Waals surface area contributed by atoms with E-state index in [-0.39, 0.29) is 17.0 Å². The Bertz CT molecular complexity index is 945. The lowest BCUT2D eigenvalue weighted by Gasteiger charge is -2.31. The Morgan fingerprint density at radius 1 is 1.00 bits per heavy atom. The first-order chi connectivity index (χ1) is 14.4. The van der Waals surface area contributed by atoms with Crippen molar-refractivity contribution in [2.24, 2.45) is 5.92 Å². The fourth-order valence-corrected chi connectivity index (χ4v) is 7.72. The molecule has 30 heavy (non-hydrogen) atoms. The highest BCUT2D eigenvalue weighted by atomic mass is 32.2. The molecule has 1 saturated carbocycles. The first-order valence-corrected chi connectivity index (χ1v) is 13.4. The van der Waals surface area contributed by atoms with Gasteiger partial charge in [0.1, 0.15) is 0 Å². The number of rotatable bonds is 10. The standard InChI is InChI=1S/C24H32N2O2S2/c1-19-22-10-6-7-11-23(22)29-24(19)26(15-14-20-12-13-20)30(27,28)17-16-25(2)18-21-8-4-3-5-9-21/h3-11,19-20,24H,12-18H2,1-2H3. The monoisotopic (exact) mass is 444 g/mol. The summed E-state index contributed by atoms with van der Waals surface area (Å²) < 4.78 is 28.8. The van der Waals surface area contributed by atoms with Crippen molar-refractivity contribution in [1.29, 1.82) is 0 Å². The molecule has 1 aliphatic heterocycles. The Balaban J connectivity index is 1.44. The van der Waals surface area contributed by atoms with Crippen molar-refractivity contribution >= 4 is 21.8 Å². The molecule has 0 N–H and O–H groups in total. The van der Waals surface area contributed by atoms with Gasteiger partial charge in [0.2, 0.25) is 10.0 Å². The number of fused-ring (bicyclic) bond motifs is 1. The Labute approximate surface area is 185 Å².